The van der Waals surface area contributed by atoms with Crippen molar-refractivity contribution in [3.05, 3.63) is 51.7 Å². The van der Waals surface area contributed by atoms with Crippen LogP contribution in [0.1, 0.15) is 34.7 Å². The van der Waals surface area contributed by atoms with Crippen molar-refractivity contribution in [1.29, 1.82) is 0 Å². The standard InChI is InChI=1S/C17H15BrFNO5S/c1-25-17(22)12-6-10(9-2-3-9)7-13(16(12)19)20-26(23,24)15-8-11(18)4-5-14(15)21/h4-9,20-21H,2-3H2,1H3. The number of esters is 1. The number of phenolic OH excluding ortho intramolecular Hbond substituents is 1. The summed E-state index contributed by atoms with van der Waals surface area (Å²) in [6.45, 7) is 0. The number of benzene rings is 2. The van der Waals surface area contributed by atoms with Crippen molar-refractivity contribution in [3.8, 4) is 5.75 Å². The molecular weight excluding hydrogens is 429 g/mol. The number of nitrogens with one attached hydrogen (secondary N) is 1. The van der Waals surface area contributed by atoms with E-state index in [0.29, 0.717) is 10.0 Å². The summed E-state index contributed by atoms with van der Waals surface area (Å²) in [5, 5.41) is 9.84. The first-order valence-electron chi connectivity index (χ1n) is 7.66. The Balaban J connectivity index is 2.07. The van der Waals surface area contributed by atoms with E-state index in [2.05, 4.69) is 25.4 Å². The molecule has 0 radical (unpaired) electrons. The Morgan fingerprint density at radius 1 is 1.31 bits per heavy atom. The zero-order valence-corrected chi connectivity index (χ0v) is 16.0. The number of ether oxygens (including phenoxy) is 1. The van der Waals surface area contributed by atoms with Gasteiger partial charge in [0.1, 0.15) is 10.6 Å². The molecule has 2 aromatic rings. The highest BCUT2D eigenvalue weighted by molar-refractivity contribution is 9.10. The van der Waals surface area contributed by atoms with Crippen LogP contribution in [0.4, 0.5) is 10.1 Å². The topological polar surface area (TPSA) is 92.7 Å². The van der Waals surface area contributed by atoms with Crippen LogP contribution in [-0.4, -0.2) is 26.6 Å². The average Bonchev–Trinajstić information content (AvgIpc) is 3.43. The molecule has 1 aliphatic rings. The molecule has 2 aromatic carbocycles. The SMILES string of the molecule is COC(=O)c1cc(C2CC2)cc(NS(=O)(=O)c2cc(Br)ccc2O)c1F. The number of sulfonamides is 1. The first kappa shape index (κ1) is 18.7. The van der Waals surface area contributed by atoms with Crippen LogP contribution < -0.4 is 4.72 Å². The molecule has 26 heavy (non-hydrogen) atoms. The van der Waals surface area contributed by atoms with Gasteiger partial charge < -0.3 is 9.84 Å². The number of carbonyl (C=O) groups is 1. The highest BCUT2D eigenvalue weighted by Crippen LogP contribution is 2.42. The highest BCUT2D eigenvalue weighted by atomic mass is 79.9. The molecule has 0 unspecified atom stereocenters. The summed E-state index contributed by atoms with van der Waals surface area (Å²) in [6, 6.07) is 6.62. The predicted molar refractivity (Wildman–Crippen MR) is 96.3 cm³/mol. The maximum Gasteiger partial charge on any atom is 0.340 e. The van der Waals surface area contributed by atoms with Crippen LogP contribution in [-0.2, 0) is 14.8 Å². The molecule has 0 saturated heterocycles. The zero-order valence-electron chi connectivity index (χ0n) is 13.6. The molecule has 0 atom stereocenters. The molecule has 0 heterocycles. The Bertz CT molecular complexity index is 989. The normalized spacial score (nSPS) is 14.1. The Hall–Kier alpha value is -2.13. The van der Waals surface area contributed by atoms with Crippen LogP contribution >= 0.6 is 15.9 Å². The molecule has 0 spiro atoms. The van der Waals surface area contributed by atoms with Crippen molar-refractivity contribution in [2.75, 3.05) is 11.8 Å². The smallest absolute Gasteiger partial charge is 0.340 e. The molecule has 0 aromatic heterocycles. The number of halogens is 2. The van der Waals surface area contributed by atoms with Crippen molar-refractivity contribution >= 4 is 37.6 Å². The summed E-state index contributed by atoms with van der Waals surface area (Å²) >= 11 is 3.13. The van der Waals surface area contributed by atoms with Gasteiger partial charge in [-0.25, -0.2) is 17.6 Å². The van der Waals surface area contributed by atoms with Gasteiger partial charge in [-0.1, -0.05) is 15.9 Å². The van der Waals surface area contributed by atoms with E-state index < -0.39 is 32.5 Å². The fraction of sp³-hybridized carbons (Fsp3) is 0.235. The monoisotopic (exact) mass is 443 g/mol. The lowest BCUT2D eigenvalue weighted by atomic mass is 10.0. The lowest BCUT2D eigenvalue weighted by Gasteiger charge is -2.14. The van der Waals surface area contributed by atoms with Gasteiger partial charge in [0, 0.05) is 4.47 Å². The second-order valence-electron chi connectivity index (χ2n) is 5.91. The van der Waals surface area contributed by atoms with Gasteiger partial charge in [-0.05, 0) is 54.7 Å². The molecule has 9 heteroatoms. The van der Waals surface area contributed by atoms with Crippen LogP contribution in [0.2, 0.25) is 0 Å². The number of anilines is 1. The van der Waals surface area contributed by atoms with E-state index in [1.54, 1.807) is 0 Å². The fourth-order valence-corrected chi connectivity index (χ4v) is 4.22. The number of rotatable bonds is 5. The van der Waals surface area contributed by atoms with E-state index in [4.69, 9.17) is 0 Å². The number of aromatic hydroxyl groups is 1. The Labute approximate surface area is 158 Å². The molecule has 0 aliphatic heterocycles. The second kappa shape index (κ2) is 6.88. The maximum atomic E-state index is 14.7. The fourth-order valence-electron chi connectivity index (χ4n) is 2.53. The average molecular weight is 444 g/mol. The van der Waals surface area contributed by atoms with Gasteiger partial charge in [-0.15, -0.1) is 0 Å². The molecule has 1 fully saturated rings. The molecule has 0 amide bonds. The first-order chi connectivity index (χ1) is 12.2. The third kappa shape index (κ3) is 3.68. The van der Waals surface area contributed by atoms with Crippen LogP contribution in [0.15, 0.2) is 39.7 Å². The number of methoxy groups -OCH3 is 1. The quantitative estimate of drug-likeness (QED) is 0.686. The molecule has 0 bridgehead atoms. The van der Waals surface area contributed by atoms with E-state index in [0.717, 1.165) is 20.0 Å². The minimum Gasteiger partial charge on any atom is -0.507 e. The summed E-state index contributed by atoms with van der Waals surface area (Å²) in [6.07, 6.45) is 1.76. The van der Waals surface area contributed by atoms with Crippen molar-refractivity contribution in [2.45, 2.75) is 23.7 Å². The van der Waals surface area contributed by atoms with E-state index in [9.17, 15) is 22.7 Å². The Morgan fingerprint density at radius 3 is 2.62 bits per heavy atom. The van der Waals surface area contributed by atoms with Gasteiger partial charge in [-0.3, -0.25) is 4.72 Å². The summed E-state index contributed by atoms with van der Waals surface area (Å²) in [4.78, 5) is 11.4. The van der Waals surface area contributed by atoms with Gasteiger partial charge >= 0.3 is 5.97 Å². The molecule has 138 valence electrons. The predicted octanol–water partition coefficient (Wildman–Crippen LogP) is 3.76. The summed E-state index contributed by atoms with van der Waals surface area (Å²) in [5.74, 6) is -2.25. The first-order valence-corrected chi connectivity index (χ1v) is 9.93. The van der Waals surface area contributed by atoms with E-state index in [1.165, 1.54) is 30.3 Å². The number of hydrogen-bond acceptors (Lipinski definition) is 5. The second-order valence-corrected chi connectivity index (χ2v) is 8.48. The largest absolute Gasteiger partial charge is 0.507 e. The summed E-state index contributed by atoms with van der Waals surface area (Å²) in [5.41, 5.74) is -0.0507. The van der Waals surface area contributed by atoms with Crippen molar-refractivity contribution in [2.24, 2.45) is 0 Å². The molecule has 6 nitrogen and oxygen atoms in total. The van der Waals surface area contributed by atoms with E-state index >= 15 is 0 Å². The maximum absolute atomic E-state index is 14.7. The number of carbonyl (C=O) groups excluding carboxylic acids is 1. The van der Waals surface area contributed by atoms with E-state index in [1.807, 2.05) is 0 Å². The van der Waals surface area contributed by atoms with E-state index in [-0.39, 0.29) is 17.2 Å². The van der Waals surface area contributed by atoms with Crippen molar-refractivity contribution < 1.29 is 27.4 Å². The third-order valence-electron chi connectivity index (χ3n) is 4.00. The Morgan fingerprint density at radius 2 is 2.00 bits per heavy atom. The lowest BCUT2D eigenvalue weighted by molar-refractivity contribution is 0.0595. The van der Waals surface area contributed by atoms with Crippen LogP contribution in [0.25, 0.3) is 0 Å². The number of phenols is 1. The van der Waals surface area contributed by atoms with Gasteiger partial charge in [0.05, 0.1) is 18.4 Å². The third-order valence-corrected chi connectivity index (χ3v) is 5.89. The molecule has 1 saturated carbocycles. The Kier molecular flexibility index (Phi) is 4.94. The summed E-state index contributed by atoms with van der Waals surface area (Å²) < 4.78 is 47.0. The summed E-state index contributed by atoms with van der Waals surface area (Å²) in [7, 11) is -3.16. The molecule has 2 N–H and O–H groups in total. The van der Waals surface area contributed by atoms with Crippen molar-refractivity contribution in [1.82, 2.24) is 0 Å². The van der Waals surface area contributed by atoms with Gasteiger partial charge in [-0.2, -0.15) is 0 Å². The van der Waals surface area contributed by atoms with Crippen molar-refractivity contribution in [3.63, 3.8) is 0 Å². The van der Waals surface area contributed by atoms with Crippen LogP contribution in [0, 0.1) is 5.82 Å². The highest BCUT2D eigenvalue weighted by Gasteiger charge is 2.29. The minimum atomic E-state index is -4.28. The van der Waals surface area contributed by atoms with Gasteiger partial charge in [0.2, 0.25) is 0 Å². The molecular formula is C17H15BrFNO5S. The zero-order chi connectivity index (χ0) is 19.1. The van der Waals surface area contributed by atoms with Gasteiger partial charge in [0.15, 0.2) is 5.82 Å². The number of hydrogen-bond donors (Lipinski definition) is 2. The van der Waals surface area contributed by atoms with Crippen LogP contribution in [0.3, 0.4) is 0 Å². The van der Waals surface area contributed by atoms with Crippen LogP contribution in [0.5, 0.6) is 5.75 Å². The molecule has 1 aliphatic carbocycles. The molecule has 3 rings (SSSR count). The minimum absolute atomic E-state index is 0.154. The van der Waals surface area contributed by atoms with Gasteiger partial charge in [0.25, 0.3) is 10.0 Å². The lowest BCUT2D eigenvalue weighted by Crippen LogP contribution is -2.16.